The smallest absolute Gasteiger partial charge is 0.250 e. The lowest BCUT2D eigenvalue weighted by atomic mass is 10.2. The van der Waals surface area contributed by atoms with E-state index in [1.807, 2.05) is 18.3 Å². The molecule has 1 amide bonds. The maximum atomic E-state index is 10.8. The highest BCUT2D eigenvalue weighted by atomic mass is 16.2. The van der Waals surface area contributed by atoms with E-state index in [1.165, 1.54) is 23.0 Å². The van der Waals surface area contributed by atoms with Gasteiger partial charge in [-0.15, -0.1) is 0 Å². The zero-order valence-corrected chi connectivity index (χ0v) is 6.73. The molecule has 3 nitrogen and oxygen atoms in total. The average Bonchev–Trinajstić information content (AvgIpc) is 2.87. The Kier molecular flexibility index (Phi) is 1.57. The molecule has 0 aromatic carbocycles. The summed E-state index contributed by atoms with van der Waals surface area (Å²) in [6.45, 7) is 0. The number of hydrogen-bond acceptors (Lipinski definition) is 1. The molecule has 62 valence electrons. The highest BCUT2D eigenvalue weighted by molar-refractivity contribution is 5.61. The molecule has 1 fully saturated rings. The van der Waals surface area contributed by atoms with Crippen molar-refractivity contribution < 1.29 is 9.36 Å². The van der Waals surface area contributed by atoms with Crippen LogP contribution in [-0.2, 0) is 0 Å². The molecule has 12 heavy (non-hydrogen) atoms. The number of nitrogens with zero attached hydrogens (tertiary/aromatic N) is 1. The third-order valence-corrected chi connectivity index (χ3v) is 2.13. The van der Waals surface area contributed by atoms with Crippen LogP contribution in [0.3, 0.4) is 0 Å². The van der Waals surface area contributed by atoms with Crippen LogP contribution in [0.2, 0.25) is 0 Å². The van der Waals surface area contributed by atoms with E-state index in [2.05, 4.69) is 0 Å². The average molecular weight is 163 g/mol. The van der Waals surface area contributed by atoms with E-state index in [9.17, 15) is 4.79 Å². The second kappa shape index (κ2) is 2.59. The van der Waals surface area contributed by atoms with Gasteiger partial charge in [0.25, 0.3) is 0 Å². The Hall–Kier alpha value is -1.38. The molecule has 1 aromatic rings. The molecule has 0 bridgehead atoms. The molecule has 1 aliphatic rings. The van der Waals surface area contributed by atoms with E-state index < -0.39 is 6.03 Å². The van der Waals surface area contributed by atoms with Gasteiger partial charge in [-0.3, -0.25) is 5.73 Å². The van der Waals surface area contributed by atoms with Crippen LogP contribution in [0.1, 0.15) is 24.3 Å². The fourth-order valence-corrected chi connectivity index (χ4v) is 1.29. The van der Waals surface area contributed by atoms with E-state index in [0.717, 1.165) is 0 Å². The Morgan fingerprint density at radius 3 is 2.92 bits per heavy atom. The quantitative estimate of drug-likeness (QED) is 0.611. The van der Waals surface area contributed by atoms with Crippen LogP contribution in [0.5, 0.6) is 0 Å². The minimum absolute atomic E-state index is 0.419. The van der Waals surface area contributed by atoms with Crippen molar-refractivity contribution in [2.24, 2.45) is 5.73 Å². The number of carbonyl (C=O) groups is 1. The molecule has 0 radical (unpaired) electrons. The predicted molar refractivity (Wildman–Crippen MR) is 43.6 cm³/mol. The summed E-state index contributed by atoms with van der Waals surface area (Å²) in [5.74, 6) is 0.664. The summed E-state index contributed by atoms with van der Waals surface area (Å²) in [5, 5.41) is 0. The first kappa shape index (κ1) is 7.28. The highest BCUT2D eigenvalue weighted by Crippen LogP contribution is 2.39. The molecule has 0 aliphatic heterocycles. The van der Waals surface area contributed by atoms with Gasteiger partial charge in [-0.05, 0) is 30.4 Å². The second-order valence-corrected chi connectivity index (χ2v) is 3.16. The van der Waals surface area contributed by atoms with Crippen molar-refractivity contribution in [1.29, 1.82) is 0 Å². The molecule has 1 heterocycles. The van der Waals surface area contributed by atoms with Crippen LogP contribution in [0.4, 0.5) is 4.79 Å². The van der Waals surface area contributed by atoms with Crippen LogP contribution < -0.4 is 10.3 Å². The summed E-state index contributed by atoms with van der Waals surface area (Å²) < 4.78 is 1.42. The van der Waals surface area contributed by atoms with Crippen LogP contribution in [-0.4, -0.2) is 6.03 Å². The van der Waals surface area contributed by atoms with E-state index in [-0.39, 0.29) is 0 Å². The van der Waals surface area contributed by atoms with Gasteiger partial charge in [0, 0.05) is 0 Å². The van der Waals surface area contributed by atoms with E-state index in [0.29, 0.717) is 5.92 Å². The Bertz CT molecular complexity index is 318. The number of nitrogens with two attached hydrogens (primary N) is 1. The molecule has 0 unspecified atom stereocenters. The summed E-state index contributed by atoms with van der Waals surface area (Å²) in [4.78, 5) is 10.8. The fraction of sp³-hybridized carbons (Fsp3) is 0.333. The fourth-order valence-electron chi connectivity index (χ4n) is 1.29. The van der Waals surface area contributed by atoms with Crippen molar-refractivity contribution in [3.05, 3.63) is 30.1 Å². The maximum absolute atomic E-state index is 10.8. The third kappa shape index (κ3) is 1.30. The van der Waals surface area contributed by atoms with Crippen molar-refractivity contribution in [3.8, 4) is 0 Å². The summed E-state index contributed by atoms with van der Waals surface area (Å²) in [6.07, 6.45) is 5.97. The number of carbonyl (C=O) groups excluding carboxylic acids is 1. The molecule has 2 rings (SSSR count). The first-order valence-corrected chi connectivity index (χ1v) is 4.08. The second-order valence-electron chi connectivity index (χ2n) is 3.16. The minimum atomic E-state index is -0.419. The van der Waals surface area contributed by atoms with Gasteiger partial charge in [0.2, 0.25) is 0 Å². The van der Waals surface area contributed by atoms with Gasteiger partial charge < -0.3 is 0 Å². The van der Waals surface area contributed by atoms with Crippen molar-refractivity contribution in [3.63, 3.8) is 0 Å². The maximum Gasteiger partial charge on any atom is 0.493 e. The summed E-state index contributed by atoms with van der Waals surface area (Å²) >= 11 is 0. The molecule has 2 N–H and O–H groups in total. The molecule has 0 spiro atoms. The van der Waals surface area contributed by atoms with Gasteiger partial charge in [-0.2, -0.15) is 9.36 Å². The zero-order valence-electron chi connectivity index (χ0n) is 6.73. The van der Waals surface area contributed by atoms with Crippen molar-refractivity contribution in [1.82, 2.24) is 0 Å². The Morgan fingerprint density at radius 2 is 2.33 bits per heavy atom. The van der Waals surface area contributed by atoms with Crippen molar-refractivity contribution >= 4 is 6.03 Å². The van der Waals surface area contributed by atoms with Gasteiger partial charge in [0.05, 0.1) is 6.20 Å². The highest BCUT2D eigenvalue weighted by Gasteiger charge is 2.24. The molecule has 0 atom stereocenters. The number of pyridine rings is 1. The normalized spacial score (nSPS) is 16.0. The van der Waals surface area contributed by atoms with Gasteiger partial charge in [-0.25, -0.2) is 0 Å². The van der Waals surface area contributed by atoms with Gasteiger partial charge >= 0.3 is 6.03 Å². The lowest BCUT2D eigenvalue weighted by Crippen LogP contribution is -2.46. The van der Waals surface area contributed by atoms with Crippen molar-refractivity contribution in [2.45, 2.75) is 18.8 Å². The van der Waals surface area contributed by atoms with Crippen molar-refractivity contribution in [2.75, 3.05) is 0 Å². The Balaban J connectivity index is 2.32. The van der Waals surface area contributed by atoms with E-state index in [1.54, 1.807) is 6.20 Å². The van der Waals surface area contributed by atoms with E-state index in [4.69, 9.17) is 5.73 Å². The topological polar surface area (TPSA) is 47.0 Å². The van der Waals surface area contributed by atoms with Crippen LogP contribution in [0, 0.1) is 0 Å². The molecule has 1 aliphatic carbocycles. The summed E-state index contributed by atoms with van der Waals surface area (Å²) in [5.41, 5.74) is 6.35. The third-order valence-electron chi connectivity index (χ3n) is 2.13. The SMILES string of the molecule is NC(=O)[n+]1cccc(C2CC2)c1. The minimum Gasteiger partial charge on any atom is -0.250 e. The number of aromatic nitrogens is 1. The first-order valence-electron chi connectivity index (χ1n) is 4.08. The van der Waals surface area contributed by atoms with Gasteiger partial charge in [0.15, 0.2) is 0 Å². The van der Waals surface area contributed by atoms with Crippen LogP contribution in [0.15, 0.2) is 24.5 Å². The molecule has 1 saturated carbocycles. The van der Waals surface area contributed by atoms with Gasteiger partial charge in [-0.1, -0.05) is 6.07 Å². The van der Waals surface area contributed by atoms with Gasteiger partial charge in [0.1, 0.15) is 6.20 Å². The number of hydrogen-bond donors (Lipinski definition) is 1. The first-order chi connectivity index (χ1) is 5.77. The molecule has 0 saturated heterocycles. The standard InChI is InChI=1S/C9H10N2O/c10-9(12)11-5-1-2-8(6-11)7-3-4-7/h1-2,5-7H,3-4H2,(H-,10,12)/p+1. The molecular formula is C9H11N2O+. The summed E-state index contributed by atoms with van der Waals surface area (Å²) in [7, 11) is 0. The van der Waals surface area contributed by atoms with E-state index >= 15 is 0 Å². The Morgan fingerprint density at radius 1 is 1.58 bits per heavy atom. The lowest BCUT2D eigenvalue weighted by Gasteiger charge is -1.96. The Labute approximate surface area is 70.8 Å². The van der Waals surface area contributed by atoms with Crippen LogP contribution in [0.25, 0.3) is 0 Å². The predicted octanol–water partition coefficient (Wildman–Crippen LogP) is 0.778. The lowest BCUT2D eigenvalue weighted by molar-refractivity contribution is -0.570. The molecule has 3 heteroatoms. The number of rotatable bonds is 1. The summed E-state index contributed by atoms with van der Waals surface area (Å²) in [6, 6.07) is 3.48. The largest absolute Gasteiger partial charge is 0.493 e. The van der Waals surface area contributed by atoms with Crippen LogP contribution >= 0.6 is 0 Å². The molecular weight excluding hydrogens is 152 g/mol. The number of primary amides is 1. The monoisotopic (exact) mass is 163 g/mol. The number of amides is 1. The molecule has 1 aromatic heterocycles. The zero-order chi connectivity index (χ0) is 8.55.